The summed E-state index contributed by atoms with van der Waals surface area (Å²) in [7, 11) is 0. The van der Waals surface area contributed by atoms with Crippen LogP contribution in [0.5, 0.6) is 0 Å². The van der Waals surface area contributed by atoms with Crippen molar-refractivity contribution in [2.45, 2.75) is 0 Å². The predicted octanol–water partition coefficient (Wildman–Crippen LogP) is 2.85. The zero-order chi connectivity index (χ0) is 12.3. The Morgan fingerprint density at radius 1 is 1.18 bits per heavy atom. The van der Waals surface area contributed by atoms with Crippen molar-refractivity contribution in [3.8, 4) is 0 Å². The third kappa shape index (κ3) is 3.02. The van der Waals surface area contributed by atoms with Crippen LogP contribution in [0.4, 0.5) is 0 Å². The molecule has 1 N–H and O–H groups in total. The summed E-state index contributed by atoms with van der Waals surface area (Å²) < 4.78 is 0. The Labute approximate surface area is 109 Å². The fourth-order valence-corrected chi connectivity index (χ4v) is 1.68. The van der Waals surface area contributed by atoms with Crippen molar-refractivity contribution in [1.29, 1.82) is 0 Å². The molecule has 0 saturated carbocycles. The minimum absolute atomic E-state index is 0.00485. The van der Waals surface area contributed by atoms with Gasteiger partial charge in [-0.1, -0.05) is 53.5 Å². The van der Waals surface area contributed by atoms with Gasteiger partial charge in [-0.2, -0.15) is 0 Å². The molecule has 1 aliphatic heterocycles. The van der Waals surface area contributed by atoms with E-state index >= 15 is 0 Å². The molecule has 1 aromatic carbocycles. The van der Waals surface area contributed by atoms with Crippen LogP contribution in [0.3, 0.4) is 0 Å². The highest BCUT2D eigenvalue weighted by Gasteiger charge is 2.13. The number of hydrogen-bond donors (Lipinski definition) is 1. The second kappa shape index (κ2) is 5.25. The van der Waals surface area contributed by atoms with Gasteiger partial charge in [0.2, 0.25) is 0 Å². The van der Waals surface area contributed by atoms with Gasteiger partial charge in [-0.3, -0.25) is 9.80 Å². The summed E-state index contributed by atoms with van der Waals surface area (Å²) in [6.07, 6.45) is 3.13. The molecule has 0 aliphatic carbocycles. The lowest BCUT2D eigenvalue weighted by atomic mass is 10.1. The molecular weight excluding hydrogens is 259 g/mol. The summed E-state index contributed by atoms with van der Waals surface area (Å²) in [6.45, 7) is 0.195. The Balaban J connectivity index is 2.02. The maximum atomic E-state index is 11.9. The van der Waals surface area contributed by atoms with Gasteiger partial charge in [0, 0.05) is 18.0 Å². The van der Waals surface area contributed by atoms with Crippen LogP contribution in [0.1, 0.15) is 10.4 Å². The van der Waals surface area contributed by atoms with E-state index in [0.29, 0.717) is 15.6 Å². The molecule has 3 nitrogen and oxygen atoms in total. The van der Waals surface area contributed by atoms with E-state index in [-0.39, 0.29) is 12.3 Å². The van der Waals surface area contributed by atoms with Gasteiger partial charge in [0.05, 0.1) is 10.1 Å². The van der Waals surface area contributed by atoms with Gasteiger partial charge in [-0.15, -0.1) is 0 Å². The summed E-state index contributed by atoms with van der Waals surface area (Å²) in [5.41, 5.74) is 3.52. The van der Waals surface area contributed by atoms with Crippen molar-refractivity contribution in [3.05, 3.63) is 58.4 Å². The lowest BCUT2D eigenvalue weighted by molar-refractivity contribution is 0.0940. The van der Waals surface area contributed by atoms with E-state index in [2.05, 4.69) is 5.43 Å². The maximum Gasteiger partial charge on any atom is 0.184 e. The Kier molecular flexibility index (Phi) is 3.71. The lowest BCUT2D eigenvalue weighted by Gasteiger charge is -2.23. The number of carbonyl (C=O) groups excluding carboxylic acids is 1. The quantitative estimate of drug-likeness (QED) is 0.856. The predicted molar refractivity (Wildman–Crippen MR) is 68.5 cm³/mol. The highest BCUT2D eigenvalue weighted by atomic mass is 35.5. The summed E-state index contributed by atoms with van der Waals surface area (Å²) >= 11 is 11.6. The number of halogens is 2. The molecule has 0 bridgehead atoms. The highest BCUT2D eigenvalue weighted by Crippen LogP contribution is 2.21. The van der Waals surface area contributed by atoms with Crippen LogP contribution in [0.2, 0.25) is 0 Å². The van der Waals surface area contributed by atoms with Crippen molar-refractivity contribution in [2.75, 3.05) is 6.54 Å². The number of nitrogens with zero attached hydrogens (tertiary/aromatic N) is 1. The Hall–Kier alpha value is -1.45. The lowest BCUT2D eigenvalue weighted by Crippen LogP contribution is -2.36. The van der Waals surface area contributed by atoms with Gasteiger partial charge in [-0.05, 0) is 0 Å². The molecule has 0 atom stereocenters. The average Bonchev–Trinajstić information content (AvgIpc) is 2.35. The second-order valence-corrected chi connectivity index (χ2v) is 4.33. The zero-order valence-corrected chi connectivity index (χ0v) is 10.4. The van der Waals surface area contributed by atoms with E-state index in [1.807, 2.05) is 18.2 Å². The number of nitrogens with one attached hydrogen (secondary N) is 1. The van der Waals surface area contributed by atoms with Crippen molar-refractivity contribution in [2.24, 2.45) is 0 Å². The topological polar surface area (TPSA) is 32.3 Å². The van der Waals surface area contributed by atoms with Crippen LogP contribution in [0.25, 0.3) is 0 Å². The Morgan fingerprint density at radius 2 is 1.88 bits per heavy atom. The Morgan fingerprint density at radius 3 is 2.53 bits per heavy atom. The normalized spacial score (nSPS) is 14.8. The molecule has 88 valence electrons. The summed E-state index contributed by atoms with van der Waals surface area (Å²) in [6, 6.07) is 9.09. The molecule has 0 spiro atoms. The zero-order valence-electron chi connectivity index (χ0n) is 8.86. The summed E-state index contributed by atoms with van der Waals surface area (Å²) in [5, 5.41) is 2.42. The standard InChI is InChI=1S/C12H10Cl2N2O/c13-10-6-15-16(7-11(10)14)8-12(17)9-4-2-1-3-5-9/h1-7,15H,8H2. The molecule has 2 rings (SSSR count). The van der Waals surface area contributed by atoms with Gasteiger partial charge in [0.25, 0.3) is 0 Å². The van der Waals surface area contributed by atoms with Gasteiger partial charge in [0.1, 0.15) is 6.54 Å². The average molecular weight is 269 g/mol. The first-order valence-corrected chi connectivity index (χ1v) is 5.77. The van der Waals surface area contributed by atoms with Crippen LogP contribution >= 0.6 is 23.2 Å². The molecule has 0 fully saturated rings. The van der Waals surface area contributed by atoms with E-state index in [1.165, 1.54) is 0 Å². The first-order chi connectivity index (χ1) is 8.16. The first kappa shape index (κ1) is 12.0. The maximum absolute atomic E-state index is 11.9. The number of Topliss-reactive ketones (excluding diaryl/α,β-unsaturated/α-hetero) is 1. The molecule has 0 unspecified atom stereocenters. The molecule has 0 amide bonds. The van der Waals surface area contributed by atoms with Crippen molar-refractivity contribution in [1.82, 2.24) is 10.4 Å². The third-order valence-corrected chi connectivity index (χ3v) is 2.97. The smallest absolute Gasteiger partial charge is 0.184 e. The van der Waals surface area contributed by atoms with Crippen molar-refractivity contribution < 1.29 is 4.79 Å². The molecule has 17 heavy (non-hydrogen) atoms. The molecule has 5 heteroatoms. The van der Waals surface area contributed by atoms with Gasteiger partial charge in [0.15, 0.2) is 5.78 Å². The first-order valence-electron chi connectivity index (χ1n) is 5.01. The van der Waals surface area contributed by atoms with Gasteiger partial charge in [-0.25, -0.2) is 0 Å². The van der Waals surface area contributed by atoms with Crippen molar-refractivity contribution >= 4 is 29.0 Å². The summed E-state index contributed by atoms with van der Waals surface area (Å²) in [5.74, 6) is 0.00485. The molecule has 1 aliphatic rings. The number of hydrazine groups is 1. The van der Waals surface area contributed by atoms with Crippen LogP contribution in [0.15, 0.2) is 52.8 Å². The number of carbonyl (C=O) groups is 1. The monoisotopic (exact) mass is 268 g/mol. The van der Waals surface area contributed by atoms with Crippen LogP contribution in [-0.2, 0) is 0 Å². The minimum Gasteiger partial charge on any atom is -0.304 e. The molecule has 1 heterocycles. The van der Waals surface area contributed by atoms with Gasteiger partial charge < -0.3 is 5.43 Å². The fraction of sp³-hybridized carbons (Fsp3) is 0.0833. The molecular formula is C12H10Cl2N2O. The van der Waals surface area contributed by atoms with E-state index in [1.54, 1.807) is 29.5 Å². The molecule has 1 aromatic rings. The van der Waals surface area contributed by atoms with Crippen LogP contribution in [-0.4, -0.2) is 17.3 Å². The van der Waals surface area contributed by atoms with Crippen LogP contribution < -0.4 is 5.43 Å². The Bertz CT molecular complexity index is 483. The van der Waals surface area contributed by atoms with Crippen LogP contribution in [0, 0.1) is 0 Å². The van der Waals surface area contributed by atoms with E-state index in [4.69, 9.17) is 23.2 Å². The second-order valence-electron chi connectivity index (χ2n) is 3.52. The minimum atomic E-state index is 0.00485. The number of ketones is 1. The van der Waals surface area contributed by atoms with E-state index in [9.17, 15) is 4.79 Å². The molecule has 0 aromatic heterocycles. The number of rotatable bonds is 3. The number of hydrogen-bond acceptors (Lipinski definition) is 3. The fourth-order valence-electron chi connectivity index (χ4n) is 1.41. The molecule has 0 saturated heterocycles. The number of allylic oxidation sites excluding steroid dienone is 2. The third-order valence-electron chi connectivity index (χ3n) is 2.26. The van der Waals surface area contributed by atoms with E-state index in [0.717, 1.165) is 0 Å². The highest BCUT2D eigenvalue weighted by molar-refractivity contribution is 6.43. The van der Waals surface area contributed by atoms with E-state index < -0.39 is 0 Å². The SMILES string of the molecule is O=C(CN1C=C(Cl)C(Cl)=CN1)c1ccccc1. The van der Waals surface area contributed by atoms with Crippen molar-refractivity contribution in [3.63, 3.8) is 0 Å². The number of benzene rings is 1. The van der Waals surface area contributed by atoms with Gasteiger partial charge >= 0.3 is 0 Å². The summed E-state index contributed by atoms with van der Waals surface area (Å²) in [4.78, 5) is 11.9. The largest absolute Gasteiger partial charge is 0.304 e. The molecule has 0 radical (unpaired) electrons.